The molecule has 0 aliphatic carbocycles. The van der Waals surface area contributed by atoms with Gasteiger partial charge in [0.25, 0.3) is 17.7 Å². The van der Waals surface area contributed by atoms with Crippen LogP contribution in [0.2, 0.25) is 0 Å². The molecule has 3 aromatic rings. The summed E-state index contributed by atoms with van der Waals surface area (Å²) in [6, 6.07) is 19.0. The third-order valence-electron chi connectivity index (χ3n) is 4.90. The van der Waals surface area contributed by atoms with Crippen LogP contribution in [0.5, 0.6) is 0 Å². The zero-order chi connectivity index (χ0) is 22.8. The van der Waals surface area contributed by atoms with Gasteiger partial charge in [-0.3, -0.25) is 14.4 Å². The molecule has 0 unspecified atom stereocenters. The van der Waals surface area contributed by atoms with Crippen LogP contribution in [0.15, 0.2) is 83.5 Å². The Balaban J connectivity index is 1.56. The summed E-state index contributed by atoms with van der Waals surface area (Å²) in [6.45, 7) is 1.78. The van der Waals surface area contributed by atoms with Gasteiger partial charge in [-0.15, -0.1) is 0 Å². The Morgan fingerprint density at radius 3 is 2.41 bits per heavy atom. The molecule has 4 rings (SSSR count). The fourth-order valence-corrected chi connectivity index (χ4v) is 3.50. The molecule has 3 amide bonds. The number of imide groups is 1. The van der Waals surface area contributed by atoms with E-state index < -0.39 is 23.5 Å². The van der Waals surface area contributed by atoms with E-state index in [4.69, 9.17) is 11.6 Å². The average molecular weight is 450 g/mol. The van der Waals surface area contributed by atoms with E-state index in [1.54, 1.807) is 55.5 Å². The minimum atomic E-state index is -0.637. The van der Waals surface area contributed by atoms with Crippen molar-refractivity contribution in [2.24, 2.45) is 0 Å². The number of anilines is 3. The molecule has 0 atom stereocenters. The molecule has 160 valence electrons. The number of carbonyl (C=O) groups is 3. The summed E-state index contributed by atoms with van der Waals surface area (Å²) in [5.74, 6) is -2.33. The van der Waals surface area contributed by atoms with Crippen LogP contribution in [-0.2, 0) is 9.59 Å². The highest BCUT2D eigenvalue weighted by atomic mass is 35.5. The van der Waals surface area contributed by atoms with Crippen molar-refractivity contribution in [3.63, 3.8) is 0 Å². The molecule has 0 saturated carbocycles. The summed E-state index contributed by atoms with van der Waals surface area (Å²) >= 11 is 6.18. The topological polar surface area (TPSA) is 78.5 Å². The number of nitrogens with zero attached hydrogens (tertiary/aromatic N) is 1. The third-order valence-corrected chi connectivity index (χ3v) is 5.25. The van der Waals surface area contributed by atoms with Gasteiger partial charge in [0.1, 0.15) is 16.5 Å². The van der Waals surface area contributed by atoms with Crippen molar-refractivity contribution in [2.75, 3.05) is 15.5 Å². The summed E-state index contributed by atoms with van der Waals surface area (Å²) in [5.41, 5.74) is 1.73. The summed E-state index contributed by atoms with van der Waals surface area (Å²) in [6.07, 6.45) is 0. The number of nitrogens with one attached hydrogen (secondary N) is 2. The van der Waals surface area contributed by atoms with Gasteiger partial charge in [-0.2, -0.15) is 0 Å². The van der Waals surface area contributed by atoms with Crippen LogP contribution in [0.25, 0.3) is 0 Å². The SMILES string of the molecule is Cc1ccccc1N1C(=O)C(Cl)=C(Nc2cccc(C(=O)Nc3ccccc3F)c2)C1=O. The molecule has 1 heterocycles. The fraction of sp³-hybridized carbons (Fsp3) is 0.0417. The minimum absolute atomic E-state index is 0.0482. The number of aryl methyl sites for hydroxylation is 1. The number of hydrogen-bond acceptors (Lipinski definition) is 4. The first-order valence-corrected chi connectivity index (χ1v) is 10.0. The second kappa shape index (κ2) is 8.64. The van der Waals surface area contributed by atoms with Crippen LogP contribution in [0, 0.1) is 12.7 Å². The zero-order valence-electron chi connectivity index (χ0n) is 16.9. The first kappa shape index (κ1) is 21.3. The molecule has 2 N–H and O–H groups in total. The van der Waals surface area contributed by atoms with Gasteiger partial charge < -0.3 is 10.6 Å². The molecular formula is C24H17ClFN3O3. The van der Waals surface area contributed by atoms with Gasteiger partial charge in [-0.1, -0.05) is 48.0 Å². The van der Waals surface area contributed by atoms with Gasteiger partial charge in [0.2, 0.25) is 0 Å². The molecule has 8 heteroatoms. The number of amides is 3. The third kappa shape index (κ3) is 3.98. The van der Waals surface area contributed by atoms with E-state index in [-0.39, 0.29) is 22.0 Å². The zero-order valence-corrected chi connectivity index (χ0v) is 17.6. The van der Waals surface area contributed by atoms with E-state index in [2.05, 4.69) is 10.6 Å². The maximum Gasteiger partial charge on any atom is 0.283 e. The van der Waals surface area contributed by atoms with Gasteiger partial charge in [-0.05, 0) is 48.9 Å². The number of carbonyl (C=O) groups excluding carboxylic acids is 3. The Hall–Kier alpha value is -3.97. The van der Waals surface area contributed by atoms with Crippen molar-refractivity contribution >= 4 is 46.4 Å². The highest BCUT2D eigenvalue weighted by Crippen LogP contribution is 2.32. The van der Waals surface area contributed by atoms with Crippen LogP contribution >= 0.6 is 11.6 Å². The summed E-state index contributed by atoms with van der Waals surface area (Å²) in [5, 5.41) is 5.09. The Morgan fingerprint density at radius 1 is 0.938 bits per heavy atom. The lowest BCUT2D eigenvalue weighted by atomic mass is 10.1. The molecule has 0 spiro atoms. The molecule has 3 aromatic carbocycles. The monoisotopic (exact) mass is 449 g/mol. The number of halogens is 2. The molecule has 0 aromatic heterocycles. The average Bonchev–Trinajstić information content (AvgIpc) is 2.99. The molecule has 32 heavy (non-hydrogen) atoms. The van der Waals surface area contributed by atoms with Gasteiger partial charge in [0, 0.05) is 11.3 Å². The van der Waals surface area contributed by atoms with Crippen molar-refractivity contribution < 1.29 is 18.8 Å². The van der Waals surface area contributed by atoms with Crippen molar-refractivity contribution in [1.29, 1.82) is 0 Å². The Labute approximate surface area is 188 Å². The second-order valence-electron chi connectivity index (χ2n) is 7.06. The summed E-state index contributed by atoms with van der Waals surface area (Å²) in [7, 11) is 0. The molecular weight excluding hydrogens is 433 g/mol. The quantitative estimate of drug-likeness (QED) is 0.547. The predicted octanol–water partition coefficient (Wildman–Crippen LogP) is 4.82. The molecule has 1 aliphatic rings. The number of benzene rings is 3. The van der Waals surface area contributed by atoms with Gasteiger partial charge in [0.15, 0.2) is 0 Å². The molecule has 0 fully saturated rings. The largest absolute Gasteiger partial charge is 0.350 e. The van der Waals surface area contributed by atoms with Crippen LogP contribution in [0.3, 0.4) is 0 Å². The first-order valence-electron chi connectivity index (χ1n) is 9.64. The fourth-order valence-electron chi connectivity index (χ4n) is 3.28. The Kier molecular flexibility index (Phi) is 5.75. The molecule has 0 saturated heterocycles. The summed E-state index contributed by atoms with van der Waals surface area (Å²) in [4.78, 5) is 39.2. The first-order chi connectivity index (χ1) is 15.4. The predicted molar refractivity (Wildman–Crippen MR) is 121 cm³/mol. The molecule has 0 radical (unpaired) electrons. The summed E-state index contributed by atoms with van der Waals surface area (Å²) < 4.78 is 13.8. The maximum absolute atomic E-state index is 13.8. The lowest BCUT2D eigenvalue weighted by molar-refractivity contribution is -0.120. The van der Waals surface area contributed by atoms with Crippen molar-refractivity contribution in [3.8, 4) is 0 Å². The Bertz CT molecular complexity index is 1290. The molecule has 0 bridgehead atoms. The highest BCUT2D eigenvalue weighted by Gasteiger charge is 2.39. The second-order valence-corrected chi connectivity index (χ2v) is 7.44. The number of rotatable bonds is 5. The van der Waals surface area contributed by atoms with Crippen molar-refractivity contribution in [3.05, 3.63) is 100 Å². The van der Waals surface area contributed by atoms with E-state index in [0.717, 1.165) is 10.5 Å². The number of para-hydroxylation sites is 2. The van der Waals surface area contributed by atoms with Crippen LogP contribution in [-0.4, -0.2) is 17.7 Å². The van der Waals surface area contributed by atoms with Gasteiger partial charge in [0.05, 0.1) is 11.4 Å². The van der Waals surface area contributed by atoms with E-state index in [1.807, 2.05) is 0 Å². The van der Waals surface area contributed by atoms with E-state index in [1.165, 1.54) is 24.3 Å². The highest BCUT2D eigenvalue weighted by molar-refractivity contribution is 6.53. The van der Waals surface area contributed by atoms with Crippen LogP contribution < -0.4 is 15.5 Å². The molecule has 1 aliphatic heterocycles. The van der Waals surface area contributed by atoms with Crippen molar-refractivity contribution in [1.82, 2.24) is 0 Å². The normalized spacial score (nSPS) is 13.5. The minimum Gasteiger partial charge on any atom is -0.350 e. The lowest BCUT2D eigenvalue weighted by Gasteiger charge is -2.17. The van der Waals surface area contributed by atoms with E-state index >= 15 is 0 Å². The Morgan fingerprint density at radius 2 is 1.66 bits per heavy atom. The number of hydrogen-bond donors (Lipinski definition) is 2. The smallest absolute Gasteiger partial charge is 0.283 e. The van der Waals surface area contributed by atoms with Crippen LogP contribution in [0.1, 0.15) is 15.9 Å². The lowest BCUT2D eigenvalue weighted by Crippen LogP contribution is -2.32. The van der Waals surface area contributed by atoms with Crippen molar-refractivity contribution in [2.45, 2.75) is 6.92 Å². The van der Waals surface area contributed by atoms with Gasteiger partial charge >= 0.3 is 0 Å². The van der Waals surface area contributed by atoms with E-state index in [0.29, 0.717) is 11.4 Å². The standard InChI is InChI=1S/C24H17ClFN3O3/c1-14-7-2-5-12-19(14)29-23(31)20(25)21(24(29)32)27-16-9-6-8-15(13-16)22(30)28-18-11-4-3-10-17(18)26/h2-13,27H,1H3,(H,28,30). The maximum atomic E-state index is 13.8. The van der Waals surface area contributed by atoms with E-state index in [9.17, 15) is 18.8 Å². The van der Waals surface area contributed by atoms with Crippen LogP contribution in [0.4, 0.5) is 21.5 Å². The van der Waals surface area contributed by atoms with Gasteiger partial charge in [-0.25, -0.2) is 9.29 Å². The molecule has 6 nitrogen and oxygen atoms in total.